The summed E-state index contributed by atoms with van der Waals surface area (Å²) in [5.74, 6) is 1.40. The minimum absolute atomic E-state index is 0.0984. The van der Waals surface area contributed by atoms with Crippen molar-refractivity contribution in [2.75, 3.05) is 30.0 Å². The molecule has 0 saturated carbocycles. The van der Waals surface area contributed by atoms with E-state index in [4.69, 9.17) is 9.47 Å². The van der Waals surface area contributed by atoms with E-state index in [-0.39, 0.29) is 5.91 Å². The topological polar surface area (TPSA) is 76.7 Å². The summed E-state index contributed by atoms with van der Waals surface area (Å²) in [4.78, 5) is 13.8. The number of benzene rings is 3. The zero-order chi connectivity index (χ0) is 22.2. The third-order valence-electron chi connectivity index (χ3n) is 4.35. The Hall–Kier alpha value is -2.97. The van der Waals surface area contributed by atoms with Crippen molar-refractivity contribution in [3.8, 4) is 11.5 Å². The number of carbonyl (C=O) groups excluding carboxylic acids is 1. The van der Waals surface area contributed by atoms with Crippen molar-refractivity contribution in [3.05, 3.63) is 72.3 Å². The minimum atomic E-state index is -1.51. The summed E-state index contributed by atoms with van der Waals surface area (Å²) in [6.07, 6.45) is 0. The van der Waals surface area contributed by atoms with Gasteiger partial charge in [-0.1, -0.05) is 17.7 Å². The molecule has 0 spiro atoms. The lowest BCUT2D eigenvalue weighted by molar-refractivity contribution is -0.113. The summed E-state index contributed by atoms with van der Waals surface area (Å²) >= 11 is 1.48. The molecule has 1 atom stereocenters. The molecular weight excluding hydrogens is 432 g/mol. The number of anilines is 2. The fourth-order valence-electron chi connectivity index (χ4n) is 2.69. The van der Waals surface area contributed by atoms with Gasteiger partial charge in [-0.15, -0.1) is 11.8 Å². The van der Waals surface area contributed by atoms with Crippen LogP contribution in [0.25, 0.3) is 0 Å². The van der Waals surface area contributed by atoms with Crippen LogP contribution in [0.15, 0.2) is 76.5 Å². The van der Waals surface area contributed by atoms with Gasteiger partial charge in [0.2, 0.25) is 5.91 Å². The van der Waals surface area contributed by atoms with Crippen LogP contribution < -0.4 is 19.5 Å². The number of ether oxygens (including phenoxy) is 2. The summed E-state index contributed by atoms with van der Waals surface area (Å²) in [5.41, 5.74) is 2.39. The molecule has 1 amide bonds. The maximum Gasteiger partial charge on any atom is 0.234 e. The first-order valence-electron chi connectivity index (χ1n) is 9.48. The van der Waals surface area contributed by atoms with E-state index in [1.165, 1.54) is 17.3 Å². The first kappa shape index (κ1) is 22.7. The van der Waals surface area contributed by atoms with E-state index in [2.05, 4.69) is 10.0 Å². The molecule has 0 fully saturated rings. The number of amides is 1. The van der Waals surface area contributed by atoms with Gasteiger partial charge in [-0.05, 0) is 55.5 Å². The van der Waals surface area contributed by atoms with Crippen LogP contribution in [0.1, 0.15) is 5.56 Å². The molecule has 2 N–H and O–H groups in total. The summed E-state index contributed by atoms with van der Waals surface area (Å²) < 4.78 is 26.2. The van der Waals surface area contributed by atoms with Gasteiger partial charge in [0.05, 0.1) is 30.6 Å². The largest absolute Gasteiger partial charge is 0.497 e. The molecule has 3 aromatic rings. The molecule has 0 aliphatic rings. The predicted octanol–water partition coefficient (Wildman–Crippen LogP) is 4.88. The molecule has 0 radical (unpaired) electrons. The Balaban J connectivity index is 1.57. The number of thioether (sulfide) groups is 1. The van der Waals surface area contributed by atoms with E-state index in [1.807, 2.05) is 31.2 Å². The van der Waals surface area contributed by atoms with Crippen molar-refractivity contribution >= 4 is 40.0 Å². The lowest BCUT2D eigenvalue weighted by Crippen LogP contribution is -2.14. The fourth-order valence-corrected chi connectivity index (χ4v) is 4.25. The van der Waals surface area contributed by atoms with Crippen LogP contribution in [0.2, 0.25) is 0 Å². The highest BCUT2D eigenvalue weighted by atomic mass is 32.2. The number of methoxy groups -OCH3 is 2. The summed E-state index contributed by atoms with van der Waals surface area (Å²) in [5, 5.41) is 2.86. The van der Waals surface area contributed by atoms with Crippen molar-refractivity contribution < 1.29 is 18.5 Å². The number of hydrogen-bond acceptors (Lipinski definition) is 5. The first-order chi connectivity index (χ1) is 15.0. The van der Waals surface area contributed by atoms with Crippen LogP contribution in [0.3, 0.4) is 0 Å². The second-order valence-electron chi connectivity index (χ2n) is 6.61. The van der Waals surface area contributed by atoms with Crippen LogP contribution in [0.5, 0.6) is 11.5 Å². The standard InChI is InChI=1S/C23H24N2O4S2/c1-16-4-9-19(10-5-16)30-15-23(26)24-17-6-11-20(12-7-17)31(27)25-21-14-18(28-2)8-13-22(21)29-3/h4-14,25H,15H2,1-3H3,(H,24,26). The maximum absolute atomic E-state index is 12.7. The Morgan fingerprint density at radius 1 is 0.968 bits per heavy atom. The number of hydrogen-bond donors (Lipinski definition) is 2. The Labute approximate surface area is 188 Å². The molecule has 31 heavy (non-hydrogen) atoms. The van der Waals surface area contributed by atoms with Crippen LogP contribution in [0, 0.1) is 6.92 Å². The molecule has 1 unspecified atom stereocenters. The van der Waals surface area contributed by atoms with Crippen LogP contribution in [-0.4, -0.2) is 30.1 Å². The average Bonchev–Trinajstić information content (AvgIpc) is 2.79. The number of rotatable bonds is 9. The molecule has 0 aliphatic carbocycles. The monoisotopic (exact) mass is 456 g/mol. The molecular formula is C23H24N2O4S2. The quantitative estimate of drug-likeness (QED) is 0.449. The smallest absolute Gasteiger partial charge is 0.234 e. The summed E-state index contributed by atoms with van der Waals surface area (Å²) in [6, 6.07) is 20.1. The lowest BCUT2D eigenvalue weighted by Gasteiger charge is -2.12. The van der Waals surface area contributed by atoms with Crippen LogP contribution in [0.4, 0.5) is 11.4 Å². The van der Waals surface area contributed by atoms with E-state index < -0.39 is 11.0 Å². The van der Waals surface area contributed by atoms with E-state index in [1.54, 1.807) is 56.7 Å². The zero-order valence-electron chi connectivity index (χ0n) is 17.5. The van der Waals surface area contributed by atoms with E-state index in [0.717, 1.165) is 4.90 Å². The molecule has 162 valence electrons. The third-order valence-corrected chi connectivity index (χ3v) is 6.47. The van der Waals surface area contributed by atoms with E-state index >= 15 is 0 Å². The Kier molecular flexibility index (Phi) is 7.97. The highest BCUT2D eigenvalue weighted by Crippen LogP contribution is 2.30. The van der Waals surface area contributed by atoms with Gasteiger partial charge in [0.25, 0.3) is 0 Å². The predicted molar refractivity (Wildman–Crippen MR) is 127 cm³/mol. The van der Waals surface area contributed by atoms with Crippen molar-refractivity contribution in [1.29, 1.82) is 0 Å². The Morgan fingerprint density at radius 2 is 1.68 bits per heavy atom. The van der Waals surface area contributed by atoms with Gasteiger partial charge in [0, 0.05) is 16.6 Å². The summed E-state index contributed by atoms with van der Waals surface area (Å²) in [6.45, 7) is 2.03. The van der Waals surface area contributed by atoms with Gasteiger partial charge in [0.1, 0.15) is 22.5 Å². The van der Waals surface area contributed by atoms with Crippen LogP contribution in [-0.2, 0) is 15.8 Å². The molecule has 0 aliphatic heterocycles. The number of nitrogens with one attached hydrogen (secondary N) is 2. The molecule has 8 heteroatoms. The van der Waals surface area contributed by atoms with Gasteiger partial charge in [0.15, 0.2) is 0 Å². The second kappa shape index (κ2) is 10.9. The van der Waals surface area contributed by atoms with Gasteiger partial charge in [-0.3, -0.25) is 9.52 Å². The Bertz CT molecular complexity index is 1050. The first-order valence-corrected chi connectivity index (χ1v) is 11.6. The zero-order valence-corrected chi connectivity index (χ0v) is 19.1. The van der Waals surface area contributed by atoms with Crippen molar-refractivity contribution in [3.63, 3.8) is 0 Å². The SMILES string of the molecule is COc1ccc(OC)c(NS(=O)c2ccc(NC(=O)CSc3ccc(C)cc3)cc2)c1. The normalized spacial score (nSPS) is 11.5. The van der Waals surface area contributed by atoms with Gasteiger partial charge < -0.3 is 14.8 Å². The van der Waals surface area contributed by atoms with Crippen molar-refractivity contribution in [2.24, 2.45) is 0 Å². The minimum Gasteiger partial charge on any atom is -0.497 e. The van der Waals surface area contributed by atoms with Gasteiger partial charge in [-0.25, -0.2) is 4.21 Å². The van der Waals surface area contributed by atoms with Crippen LogP contribution >= 0.6 is 11.8 Å². The molecule has 0 bridgehead atoms. The molecule has 6 nitrogen and oxygen atoms in total. The maximum atomic E-state index is 12.7. The summed E-state index contributed by atoms with van der Waals surface area (Å²) in [7, 11) is 1.60. The van der Waals surface area contributed by atoms with Crippen molar-refractivity contribution in [2.45, 2.75) is 16.7 Å². The highest BCUT2D eigenvalue weighted by Gasteiger charge is 2.11. The second-order valence-corrected chi connectivity index (χ2v) is 8.87. The molecule has 3 aromatic carbocycles. The number of carbonyl (C=O) groups is 1. The molecule has 3 rings (SSSR count). The van der Waals surface area contributed by atoms with Gasteiger partial charge >= 0.3 is 0 Å². The molecule has 0 heterocycles. The van der Waals surface area contributed by atoms with E-state index in [9.17, 15) is 9.00 Å². The lowest BCUT2D eigenvalue weighted by atomic mass is 10.2. The highest BCUT2D eigenvalue weighted by molar-refractivity contribution is 8.00. The number of aryl methyl sites for hydroxylation is 1. The fraction of sp³-hybridized carbons (Fsp3) is 0.174. The van der Waals surface area contributed by atoms with Gasteiger partial charge in [-0.2, -0.15) is 0 Å². The van der Waals surface area contributed by atoms with E-state index in [0.29, 0.717) is 33.5 Å². The Morgan fingerprint density at radius 3 is 2.32 bits per heavy atom. The average molecular weight is 457 g/mol. The molecule has 0 aromatic heterocycles. The molecule has 0 saturated heterocycles. The third kappa shape index (κ3) is 6.50. The van der Waals surface area contributed by atoms with Crippen molar-refractivity contribution in [1.82, 2.24) is 0 Å².